The van der Waals surface area contributed by atoms with Crippen molar-refractivity contribution in [1.29, 1.82) is 0 Å². The molecule has 0 spiro atoms. The summed E-state index contributed by atoms with van der Waals surface area (Å²) in [5.74, 6) is 0. The van der Waals surface area contributed by atoms with Crippen molar-refractivity contribution in [2.24, 2.45) is 0 Å². The zero-order valence-electron chi connectivity index (χ0n) is 9.72. The van der Waals surface area contributed by atoms with Gasteiger partial charge in [0.05, 0.1) is 16.4 Å². The van der Waals surface area contributed by atoms with Gasteiger partial charge < -0.3 is 5.11 Å². The fourth-order valence-corrected chi connectivity index (χ4v) is 2.94. The summed E-state index contributed by atoms with van der Waals surface area (Å²) in [5.41, 5.74) is 1.71. The standard InChI is InChI=1S/C11H14BrN3OS/c1-3-4-15-9(8(12)5-13-15)10(16)11-14-7(2)6-17-11/h5-6,10,16H,3-4H2,1-2H3. The molecule has 2 aromatic rings. The van der Waals surface area contributed by atoms with Gasteiger partial charge in [0.15, 0.2) is 0 Å². The molecule has 0 amide bonds. The molecule has 92 valence electrons. The maximum absolute atomic E-state index is 10.3. The summed E-state index contributed by atoms with van der Waals surface area (Å²) >= 11 is 4.89. The Balaban J connectivity index is 2.35. The number of hydrogen-bond acceptors (Lipinski definition) is 4. The number of aliphatic hydroxyl groups excluding tert-OH is 1. The van der Waals surface area contributed by atoms with E-state index in [0.717, 1.165) is 28.8 Å². The van der Waals surface area contributed by atoms with Crippen LogP contribution in [0.25, 0.3) is 0 Å². The molecule has 0 saturated carbocycles. The minimum absolute atomic E-state index is 0.709. The van der Waals surface area contributed by atoms with Crippen LogP contribution in [-0.2, 0) is 6.54 Å². The first-order chi connectivity index (χ1) is 8.13. The van der Waals surface area contributed by atoms with Crippen LogP contribution in [0.2, 0.25) is 0 Å². The van der Waals surface area contributed by atoms with Gasteiger partial charge >= 0.3 is 0 Å². The molecule has 0 fully saturated rings. The average molecular weight is 316 g/mol. The van der Waals surface area contributed by atoms with Crippen molar-refractivity contribution < 1.29 is 5.11 Å². The second kappa shape index (κ2) is 5.29. The van der Waals surface area contributed by atoms with E-state index in [1.165, 1.54) is 11.3 Å². The van der Waals surface area contributed by atoms with Crippen molar-refractivity contribution in [3.8, 4) is 0 Å². The number of nitrogens with zero attached hydrogens (tertiary/aromatic N) is 3. The third-order valence-corrected chi connectivity index (χ3v) is 4.02. The molecule has 0 aliphatic carbocycles. The molecular weight excluding hydrogens is 302 g/mol. The molecule has 2 heterocycles. The first kappa shape index (κ1) is 12.7. The Bertz CT molecular complexity index is 509. The van der Waals surface area contributed by atoms with Gasteiger partial charge in [0.25, 0.3) is 0 Å². The average Bonchev–Trinajstić information content (AvgIpc) is 2.86. The molecule has 0 aromatic carbocycles. The Labute approximate surface area is 112 Å². The van der Waals surface area contributed by atoms with Gasteiger partial charge in [-0.05, 0) is 29.3 Å². The molecule has 2 aromatic heterocycles. The second-order valence-electron chi connectivity index (χ2n) is 3.83. The van der Waals surface area contributed by atoms with Crippen molar-refractivity contribution in [3.63, 3.8) is 0 Å². The summed E-state index contributed by atoms with van der Waals surface area (Å²) in [7, 11) is 0. The third-order valence-electron chi connectivity index (χ3n) is 2.40. The Hall–Kier alpha value is -0.720. The van der Waals surface area contributed by atoms with E-state index in [9.17, 15) is 5.11 Å². The SMILES string of the molecule is CCCn1ncc(Br)c1C(O)c1nc(C)cs1. The normalized spacial score (nSPS) is 12.9. The summed E-state index contributed by atoms with van der Waals surface area (Å²) in [4.78, 5) is 4.32. The van der Waals surface area contributed by atoms with E-state index in [0.29, 0.717) is 5.01 Å². The van der Waals surface area contributed by atoms with Crippen LogP contribution in [0.15, 0.2) is 16.0 Å². The number of aryl methyl sites for hydroxylation is 2. The summed E-state index contributed by atoms with van der Waals surface area (Å²) in [6.45, 7) is 4.80. The summed E-state index contributed by atoms with van der Waals surface area (Å²) in [5, 5.41) is 17.2. The summed E-state index contributed by atoms with van der Waals surface area (Å²) in [6.07, 6.45) is 1.98. The number of halogens is 1. The molecule has 0 saturated heterocycles. The molecule has 1 N–H and O–H groups in total. The molecule has 1 unspecified atom stereocenters. The number of rotatable bonds is 4. The Morgan fingerprint density at radius 1 is 1.59 bits per heavy atom. The Kier molecular flexibility index (Phi) is 3.96. The molecule has 6 heteroatoms. The monoisotopic (exact) mass is 315 g/mol. The fourth-order valence-electron chi connectivity index (χ4n) is 1.65. The molecular formula is C11H14BrN3OS. The maximum atomic E-state index is 10.3. The van der Waals surface area contributed by atoms with Crippen molar-refractivity contribution in [1.82, 2.24) is 14.8 Å². The number of thiazole rings is 1. The van der Waals surface area contributed by atoms with Crippen molar-refractivity contribution in [2.75, 3.05) is 0 Å². The highest BCUT2D eigenvalue weighted by Crippen LogP contribution is 2.30. The van der Waals surface area contributed by atoms with Crippen LogP contribution in [0.4, 0.5) is 0 Å². The van der Waals surface area contributed by atoms with Gasteiger partial charge in [0.1, 0.15) is 11.1 Å². The zero-order chi connectivity index (χ0) is 12.4. The van der Waals surface area contributed by atoms with Crippen LogP contribution < -0.4 is 0 Å². The molecule has 2 rings (SSSR count). The maximum Gasteiger partial charge on any atom is 0.148 e. The second-order valence-corrected chi connectivity index (χ2v) is 5.57. The van der Waals surface area contributed by atoms with Crippen molar-refractivity contribution >= 4 is 27.3 Å². The van der Waals surface area contributed by atoms with Crippen LogP contribution in [0.1, 0.15) is 35.8 Å². The Morgan fingerprint density at radius 2 is 2.35 bits per heavy atom. The van der Waals surface area contributed by atoms with E-state index >= 15 is 0 Å². The third kappa shape index (κ3) is 2.59. The topological polar surface area (TPSA) is 50.9 Å². The molecule has 0 radical (unpaired) electrons. The molecule has 0 aliphatic heterocycles. The minimum Gasteiger partial charge on any atom is -0.379 e. The molecule has 0 aliphatic rings. The van der Waals surface area contributed by atoms with Gasteiger partial charge in [-0.2, -0.15) is 5.10 Å². The predicted octanol–water partition coefficient (Wildman–Crippen LogP) is 2.90. The Morgan fingerprint density at radius 3 is 2.94 bits per heavy atom. The van der Waals surface area contributed by atoms with Gasteiger partial charge in [0.2, 0.25) is 0 Å². The van der Waals surface area contributed by atoms with Crippen LogP contribution >= 0.6 is 27.3 Å². The van der Waals surface area contributed by atoms with Crippen LogP contribution in [0.5, 0.6) is 0 Å². The van der Waals surface area contributed by atoms with E-state index in [-0.39, 0.29) is 0 Å². The summed E-state index contributed by atoms with van der Waals surface area (Å²) < 4.78 is 2.65. The highest BCUT2D eigenvalue weighted by Gasteiger charge is 2.21. The predicted molar refractivity (Wildman–Crippen MR) is 71.1 cm³/mol. The van der Waals surface area contributed by atoms with Gasteiger partial charge in [-0.3, -0.25) is 4.68 Å². The molecule has 0 bridgehead atoms. The van der Waals surface area contributed by atoms with E-state index in [1.54, 1.807) is 6.20 Å². The van der Waals surface area contributed by atoms with Crippen LogP contribution in [-0.4, -0.2) is 19.9 Å². The lowest BCUT2D eigenvalue weighted by atomic mass is 10.2. The smallest absolute Gasteiger partial charge is 0.148 e. The lowest BCUT2D eigenvalue weighted by molar-refractivity contribution is 0.206. The molecule has 4 nitrogen and oxygen atoms in total. The lowest BCUT2D eigenvalue weighted by Crippen LogP contribution is -2.10. The van der Waals surface area contributed by atoms with Gasteiger partial charge in [-0.15, -0.1) is 11.3 Å². The minimum atomic E-state index is -0.711. The lowest BCUT2D eigenvalue weighted by Gasteiger charge is -2.11. The number of hydrogen-bond donors (Lipinski definition) is 1. The first-order valence-electron chi connectivity index (χ1n) is 5.44. The molecule has 1 atom stereocenters. The summed E-state index contributed by atoms with van der Waals surface area (Å²) in [6, 6.07) is 0. The van der Waals surface area contributed by atoms with Crippen LogP contribution in [0, 0.1) is 6.92 Å². The van der Waals surface area contributed by atoms with E-state index < -0.39 is 6.10 Å². The molecule has 17 heavy (non-hydrogen) atoms. The first-order valence-corrected chi connectivity index (χ1v) is 7.12. The quantitative estimate of drug-likeness (QED) is 0.943. The highest BCUT2D eigenvalue weighted by molar-refractivity contribution is 9.10. The number of aliphatic hydroxyl groups is 1. The number of aromatic nitrogens is 3. The van der Waals surface area contributed by atoms with Gasteiger partial charge in [-0.1, -0.05) is 6.92 Å². The largest absolute Gasteiger partial charge is 0.379 e. The van der Waals surface area contributed by atoms with E-state index in [2.05, 4.69) is 32.9 Å². The van der Waals surface area contributed by atoms with E-state index in [1.807, 2.05) is 17.0 Å². The zero-order valence-corrected chi connectivity index (χ0v) is 12.1. The van der Waals surface area contributed by atoms with E-state index in [4.69, 9.17) is 0 Å². The van der Waals surface area contributed by atoms with Crippen LogP contribution in [0.3, 0.4) is 0 Å². The van der Waals surface area contributed by atoms with Gasteiger partial charge in [0, 0.05) is 17.6 Å². The van der Waals surface area contributed by atoms with Gasteiger partial charge in [-0.25, -0.2) is 4.98 Å². The highest BCUT2D eigenvalue weighted by atomic mass is 79.9. The van der Waals surface area contributed by atoms with Crippen molar-refractivity contribution in [3.05, 3.63) is 32.4 Å². The fraction of sp³-hybridized carbons (Fsp3) is 0.455. The van der Waals surface area contributed by atoms with Crippen molar-refractivity contribution in [2.45, 2.75) is 32.9 Å².